The number of allylic oxidation sites excluding steroid dienone is 6. The van der Waals surface area contributed by atoms with Crippen LogP contribution >= 0.6 is 34.8 Å². The molecule has 1 atom stereocenters. The molecule has 0 amide bonds. The van der Waals surface area contributed by atoms with E-state index in [4.69, 9.17) is 50.7 Å². The Labute approximate surface area is 222 Å². The molecule has 0 aliphatic rings. The van der Waals surface area contributed by atoms with Crippen molar-refractivity contribution in [3.63, 3.8) is 0 Å². The number of aromatic nitrogens is 1. The first-order chi connectivity index (χ1) is 16.5. The van der Waals surface area contributed by atoms with Gasteiger partial charge in [-0.05, 0) is 63.5 Å². The van der Waals surface area contributed by atoms with Gasteiger partial charge in [0.15, 0.2) is 0 Å². The number of nitrogens with one attached hydrogen (secondary N) is 2. The highest BCUT2D eigenvalue weighted by atomic mass is 35.5. The van der Waals surface area contributed by atoms with E-state index in [0.29, 0.717) is 49.0 Å². The average molecular weight is 534 g/mol. The maximum absolute atomic E-state index is 9.05. The number of benzene rings is 1. The van der Waals surface area contributed by atoms with Crippen molar-refractivity contribution in [2.45, 2.75) is 47.1 Å². The molecule has 0 spiro atoms. The van der Waals surface area contributed by atoms with Crippen LogP contribution in [0.25, 0.3) is 0 Å². The van der Waals surface area contributed by atoms with Crippen molar-refractivity contribution in [3.05, 3.63) is 98.1 Å². The van der Waals surface area contributed by atoms with Crippen molar-refractivity contribution in [1.29, 1.82) is 5.41 Å². The predicted octanol–water partition coefficient (Wildman–Crippen LogP) is 8.35. The first-order valence-electron chi connectivity index (χ1n) is 11.1. The second-order valence-corrected chi connectivity index (χ2v) is 9.16. The van der Waals surface area contributed by atoms with Crippen LogP contribution in [0.5, 0.6) is 5.75 Å². The summed E-state index contributed by atoms with van der Waals surface area (Å²) >= 11 is 19.1. The van der Waals surface area contributed by atoms with Crippen molar-refractivity contribution in [2.24, 2.45) is 0 Å². The molecule has 2 aromatic rings. The highest BCUT2D eigenvalue weighted by molar-refractivity contribution is 6.35. The monoisotopic (exact) mass is 532 g/mol. The molecule has 0 fully saturated rings. The van der Waals surface area contributed by atoms with Gasteiger partial charge < -0.3 is 15.8 Å². The highest BCUT2D eigenvalue weighted by Gasteiger charge is 2.20. The Bertz CT molecular complexity index is 1190. The number of halogens is 3. The number of hydrogen-bond donors (Lipinski definition) is 3. The number of hydrogen-bond acceptors (Lipinski definition) is 5. The zero-order chi connectivity index (χ0) is 26.3. The quantitative estimate of drug-likeness (QED) is 0.163. The number of rotatable bonds is 10. The Morgan fingerprint density at radius 2 is 1.86 bits per heavy atom. The van der Waals surface area contributed by atoms with Gasteiger partial charge in [0.2, 0.25) is 0 Å². The fraction of sp³-hybridized carbons (Fsp3) is 0.259. The molecule has 4 N–H and O–H groups in total. The smallest absolute Gasteiger partial charge is 0.124 e. The van der Waals surface area contributed by atoms with Crippen molar-refractivity contribution in [2.75, 3.05) is 5.73 Å². The fourth-order valence-electron chi connectivity index (χ4n) is 3.31. The molecule has 0 aliphatic heterocycles. The van der Waals surface area contributed by atoms with Gasteiger partial charge in [-0.1, -0.05) is 60.5 Å². The molecular formula is C27H31Cl3N4O. The summed E-state index contributed by atoms with van der Waals surface area (Å²) in [7, 11) is 0. The largest absolute Gasteiger partial charge is 0.486 e. The zero-order valence-corrected chi connectivity index (χ0v) is 22.9. The SMILES string of the molecule is C=C/C(C)=C(N/C(C(=N)c1cc(OC(C)c2c(Cl)cncc2Cl)ccc1N)=C(\C)CC)\C(Cl)=C/C. The molecule has 0 saturated carbocycles. The minimum absolute atomic E-state index is 0.217. The van der Waals surface area contributed by atoms with Gasteiger partial charge in [-0.25, -0.2) is 0 Å². The van der Waals surface area contributed by atoms with Crippen molar-refractivity contribution < 1.29 is 4.74 Å². The topological polar surface area (TPSA) is 84.0 Å². The van der Waals surface area contributed by atoms with E-state index >= 15 is 0 Å². The summed E-state index contributed by atoms with van der Waals surface area (Å²) in [5.74, 6) is 0.522. The zero-order valence-electron chi connectivity index (χ0n) is 20.6. The third-order valence-electron chi connectivity index (χ3n) is 5.55. The minimum atomic E-state index is -0.451. The van der Waals surface area contributed by atoms with Crippen LogP contribution in [0, 0.1) is 5.41 Å². The summed E-state index contributed by atoms with van der Waals surface area (Å²) in [6.45, 7) is 13.4. The van der Waals surface area contributed by atoms with Gasteiger partial charge >= 0.3 is 0 Å². The van der Waals surface area contributed by atoms with Gasteiger partial charge in [0.25, 0.3) is 0 Å². The van der Waals surface area contributed by atoms with Crippen LogP contribution in [0.15, 0.2) is 76.9 Å². The van der Waals surface area contributed by atoms with Gasteiger partial charge in [-0.2, -0.15) is 0 Å². The Morgan fingerprint density at radius 1 is 1.23 bits per heavy atom. The highest BCUT2D eigenvalue weighted by Crippen LogP contribution is 2.33. The summed E-state index contributed by atoms with van der Waals surface area (Å²) in [4.78, 5) is 3.99. The maximum atomic E-state index is 9.05. The predicted molar refractivity (Wildman–Crippen MR) is 150 cm³/mol. The van der Waals surface area contributed by atoms with E-state index in [0.717, 1.165) is 17.6 Å². The lowest BCUT2D eigenvalue weighted by Crippen LogP contribution is -2.24. The lowest BCUT2D eigenvalue weighted by molar-refractivity contribution is 0.227. The lowest BCUT2D eigenvalue weighted by atomic mass is 10.00. The number of nitrogens with zero attached hydrogens (tertiary/aromatic N) is 1. The van der Waals surface area contributed by atoms with E-state index in [2.05, 4.69) is 16.9 Å². The second-order valence-electron chi connectivity index (χ2n) is 7.93. The average Bonchev–Trinajstić information content (AvgIpc) is 2.84. The van der Waals surface area contributed by atoms with Crippen LogP contribution in [0.4, 0.5) is 5.69 Å². The fourth-order valence-corrected chi connectivity index (χ4v) is 4.18. The summed E-state index contributed by atoms with van der Waals surface area (Å²) in [6.07, 6.45) is 6.83. The second kappa shape index (κ2) is 12.8. The minimum Gasteiger partial charge on any atom is -0.486 e. The summed E-state index contributed by atoms with van der Waals surface area (Å²) in [6, 6.07) is 5.20. The number of nitrogens with two attached hydrogens (primary N) is 1. The van der Waals surface area contributed by atoms with Crippen LogP contribution in [0.3, 0.4) is 0 Å². The van der Waals surface area contributed by atoms with Gasteiger partial charge in [0.1, 0.15) is 11.9 Å². The first-order valence-corrected chi connectivity index (χ1v) is 12.3. The molecular weight excluding hydrogens is 503 g/mol. The standard InChI is InChI=1S/C27H31Cl3N4O/c1-7-15(4)26(20(28)9-3)34-27(16(5)8-2)25(32)19-12-18(10-11-23(19)31)35-17(6)24-21(29)13-33-14-22(24)30/h7,9-14,17,32,34H,1,8,31H2,2-6H3/b20-9+,26-15+,27-16+,32-25?. The Kier molecular flexibility index (Phi) is 10.4. The van der Waals surface area contributed by atoms with Crippen LogP contribution in [0.2, 0.25) is 10.0 Å². The first kappa shape index (κ1) is 28.5. The van der Waals surface area contributed by atoms with E-state index < -0.39 is 6.10 Å². The van der Waals surface area contributed by atoms with E-state index in [-0.39, 0.29) is 5.71 Å². The van der Waals surface area contributed by atoms with Gasteiger partial charge in [-0.15, -0.1) is 0 Å². The molecule has 0 aliphatic carbocycles. The molecule has 1 aromatic heterocycles. The van der Waals surface area contributed by atoms with E-state index in [1.807, 2.05) is 34.6 Å². The number of anilines is 1. The molecule has 2 rings (SSSR count). The molecule has 1 unspecified atom stereocenters. The normalized spacial score (nSPS) is 14.0. The molecule has 186 valence electrons. The molecule has 0 saturated heterocycles. The van der Waals surface area contributed by atoms with Crippen LogP contribution in [-0.2, 0) is 0 Å². The van der Waals surface area contributed by atoms with Gasteiger partial charge in [0.05, 0.1) is 32.2 Å². The number of nitrogen functional groups attached to an aromatic ring is 1. The van der Waals surface area contributed by atoms with Gasteiger partial charge in [0, 0.05) is 29.2 Å². The molecule has 5 nitrogen and oxygen atoms in total. The number of ether oxygens (including phenoxy) is 1. The third kappa shape index (κ3) is 6.91. The molecule has 1 aromatic carbocycles. The van der Waals surface area contributed by atoms with Crippen molar-refractivity contribution in [1.82, 2.24) is 10.3 Å². The molecule has 35 heavy (non-hydrogen) atoms. The molecule has 0 radical (unpaired) electrons. The summed E-state index contributed by atoms with van der Waals surface area (Å²) < 4.78 is 6.13. The van der Waals surface area contributed by atoms with Crippen molar-refractivity contribution in [3.8, 4) is 5.75 Å². The maximum Gasteiger partial charge on any atom is 0.124 e. The summed E-state index contributed by atoms with van der Waals surface area (Å²) in [5, 5.41) is 13.8. The van der Waals surface area contributed by atoms with Crippen molar-refractivity contribution >= 4 is 46.2 Å². The van der Waals surface area contributed by atoms with E-state index in [9.17, 15) is 0 Å². The van der Waals surface area contributed by atoms with Gasteiger partial charge in [-0.3, -0.25) is 10.4 Å². The van der Waals surface area contributed by atoms with Crippen LogP contribution < -0.4 is 15.8 Å². The molecule has 8 heteroatoms. The number of pyridine rings is 1. The third-order valence-corrected chi connectivity index (χ3v) is 6.56. The Balaban J connectivity index is 2.49. The Morgan fingerprint density at radius 3 is 2.40 bits per heavy atom. The molecule has 1 heterocycles. The summed E-state index contributed by atoms with van der Waals surface area (Å²) in [5.41, 5.74) is 11.2. The van der Waals surface area contributed by atoms with E-state index in [1.165, 1.54) is 12.4 Å². The van der Waals surface area contributed by atoms with Crippen LogP contribution in [-0.4, -0.2) is 10.7 Å². The Hall–Kier alpha value is -2.73. The lowest BCUT2D eigenvalue weighted by Gasteiger charge is -2.21. The molecule has 0 bridgehead atoms. The van der Waals surface area contributed by atoms with Crippen LogP contribution in [0.1, 0.15) is 58.3 Å². The van der Waals surface area contributed by atoms with E-state index in [1.54, 1.807) is 30.4 Å².